The highest BCUT2D eigenvalue weighted by molar-refractivity contribution is 5.82. The van der Waals surface area contributed by atoms with E-state index in [2.05, 4.69) is 0 Å². The minimum absolute atomic E-state index is 0.150. The first-order valence-electron chi connectivity index (χ1n) is 4.76. The van der Waals surface area contributed by atoms with Crippen molar-refractivity contribution in [2.45, 2.75) is 38.0 Å². The Bertz CT molecular complexity index is 232. The molecule has 82 valence electrons. The summed E-state index contributed by atoms with van der Waals surface area (Å²) in [7, 11) is 0. The average molecular weight is 202 g/mol. The summed E-state index contributed by atoms with van der Waals surface area (Å²) in [5.41, 5.74) is 4.82. The molecule has 0 radical (unpaired) electrons. The third kappa shape index (κ3) is 1.89. The lowest BCUT2D eigenvalue weighted by Crippen LogP contribution is -2.52. The van der Waals surface area contributed by atoms with Gasteiger partial charge in [0, 0.05) is 13.0 Å². The highest BCUT2D eigenvalue weighted by atomic mass is 16.3. The van der Waals surface area contributed by atoms with Crippen LogP contribution in [0.3, 0.4) is 0 Å². The molecule has 3 atom stereocenters. The molecule has 5 nitrogen and oxygen atoms in total. The molecule has 0 aliphatic carbocycles. The summed E-state index contributed by atoms with van der Waals surface area (Å²) < 4.78 is 0. The maximum Gasteiger partial charge on any atom is 0.239 e. The zero-order valence-corrected chi connectivity index (χ0v) is 8.60. The van der Waals surface area contributed by atoms with Crippen molar-refractivity contribution in [3.63, 3.8) is 0 Å². The van der Waals surface area contributed by atoms with E-state index in [9.17, 15) is 15.0 Å². The molecule has 1 aliphatic rings. The van der Waals surface area contributed by atoms with Crippen LogP contribution in [0.4, 0.5) is 0 Å². The Morgan fingerprint density at radius 3 is 2.79 bits per heavy atom. The number of nitrogens with two attached hydrogens (primary N) is 1. The van der Waals surface area contributed by atoms with Crippen LogP contribution in [0.2, 0.25) is 0 Å². The number of hydrogen-bond donors (Lipinski definition) is 3. The van der Waals surface area contributed by atoms with Gasteiger partial charge in [-0.1, -0.05) is 0 Å². The lowest BCUT2D eigenvalue weighted by Gasteiger charge is -2.34. The van der Waals surface area contributed by atoms with Crippen molar-refractivity contribution in [3.05, 3.63) is 0 Å². The fraction of sp³-hybridized carbons (Fsp3) is 0.889. The first-order valence-corrected chi connectivity index (χ1v) is 4.76. The Morgan fingerprint density at radius 2 is 2.36 bits per heavy atom. The van der Waals surface area contributed by atoms with Crippen molar-refractivity contribution in [1.82, 2.24) is 4.90 Å². The second kappa shape index (κ2) is 3.84. The Labute approximate surface area is 83.5 Å². The van der Waals surface area contributed by atoms with Crippen LogP contribution in [0.25, 0.3) is 0 Å². The Hall–Kier alpha value is -0.650. The van der Waals surface area contributed by atoms with Gasteiger partial charge in [-0.3, -0.25) is 4.79 Å². The van der Waals surface area contributed by atoms with E-state index in [-0.39, 0.29) is 19.1 Å². The van der Waals surface area contributed by atoms with Gasteiger partial charge in [0.05, 0.1) is 24.3 Å². The predicted molar refractivity (Wildman–Crippen MR) is 51.5 cm³/mol. The molecule has 1 saturated heterocycles. The molecule has 5 heteroatoms. The highest BCUT2D eigenvalue weighted by Crippen LogP contribution is 2.29. The maximum absolute atomic E-state index is 11.6. The van der Waals surface area contributed by atoms with Crippen molar-refractivity contribution in [1.29, 1.82) is 0 Å². The van der Waals surface area contributed by atoms with Crippen LogP contribution in [0.15, 0.2) is 0 Å². The molecular formula is C9H18N2O3. The fourth-order valence-corrected chi connectivity index (χ4v) is 1.87. The van der Waals surface area contributed by atoms with E-state index in [0.29, 0.717) is 6.42 Å². The summed E-state index contributed by atoms with van der Waals surface area (Å²) in [5, 5.41) is 18.6. The molecule has 0 spiro atoms. The van der Waals surface area contributed by atoms with E-state index in [1.54, 1.807) is 13.8 Å². The van der Waals surface area contributed by atoms with E-state index >= 15 is 0 Å². The van der Waals surface area contributed by atoms with Crippen LogP contribution in [-0.2, 0) is 4.79 Å². The summed E-state index contributed by atoms with van der Waals surface area (Å²) in [4.78, 5) is 13.1. The minimum atomic E-state index is -0.663. The van der Waals surface area contributed by atoms with Gasteiger partial charge in [-0.15, -0.1) is 0 Å². The van der Waals surface area contributed by atoms with Gasteiger partial charge in [0.2, 0.25) is 5.91 Å². The van der Waals surface area contributed by atoms with Crippen molar-refractivity contribution in [3.8, 4) is 0 Å². The van der Waals surface area contributed by atoms with Crippen molar-refractivity contribution in [2.24, 2.45) is 5.73 Å². The SMILES string of the molecule is CC(N)C(=O)N1CC(O)CC1(C)CO. The zero-order valence-electron chi connectivity index (χ0n) is 8.60. The van der Waals surface area contributed by atoms with Crippen molar-refractivity contribution < 1.29 is 15.0 Å². The summed E-state index contributed by atoms with van der Waals surface area (Å²) in [6, 6.07) is -0.592. The van der Waals surface area contributed by atoms with E-state index in [1.807, 2.05) is 0 Å². The number of amides is 1. The van der Waals surface area contributed by atoms with Crippen LogP contribution in [0.1, 0.15) is 20.3 Å². The number of β-amino-alcohol motifs (C(OH)–C–C–N with tert-alkyl or cyclic N) is 1. The van der Waals surface area contributed by atoms with Gasteiger partial charge >= 0.3 is 0 Å². The van der Waals surface area contributed by atoms with Crippen molar-refractivity contribution >= 4 is 5.91 Å². The number of nitrogens with zero attached hydrogens (tertiary/aromatic N) is 1. The maximum atomic E-state index is 11.6. The first kappa shape index (κ1) is 11.4. The molecular weight excluding hydrogens is 184 g/mol. The quantitative estimate of drug-likeness (QED) is 0.518. The van der Waals surface area contributed by atoms with E-state index in [4.69, 9.17) is 5.73 Å². The number of carbonyl (C=O) groups excluding carboxylic acids is 1. The Balaban J connectivity index is 2.82. The van der Waals surface area contributed by atoms with Crippen LogP contribution in [-0.4, -0.2) is 51.9 Å². The molecule has 1 heterocycles. The van der Waals surface area contributed by atoms with Crippen LogP contribution in [0, 0.1) is 0 Å². The molecule has 1 rings (SSSR count). The molecule has 1 fully saturated rings. The molecule has 14 heavy (non-hydrogen) atoms. The number of carbonyl (C=O) groups is 1. The largest absolute Gasteiger partial charge is 0.394 e. The van der Waals surface area contributed by atoms with Gasteiger partial charge in [0.15, 0.2) is 0 Å². The second-order valence-corrected chi connectivity index (χ2v) is 4.25. The monoisotopic (exact) mass is 202 g/mol. The first-order chi connectivity index (χ1) is 6.40. The highest BCUT2D eigenvalue weighted by Gasteiger charge is 2.44. The Kier molecular flexibility index (Phi) is 3.14. The number of rotatable bonds is 2. The second-order valence-electron chi connectivity index (χ2n) is 4.25. The molecule has 1 amide bonds. The number of aliphatic hydroxyl groups excluding tert-OH is 2. The molecule has 3 unspecified atom stereocenters. The van der Waals surface area contributed by atoms with Crippen LogP contribution < -0.4 is 5.73 Å². The standard InChI is InChI=1S/C9H18N2O3/c1-6(10)8(14)11-4-7(13)3-9(11,2)5-12/h6-7,12-13H,3-5,10H2,1-2H3. The summed E-state index contributed by atoms with van der Waals surface area (Å²) in [5.74, 6) is -0.224. The van der Waals surface area contributed by atoms with Gasteiger partial charge in [0.1, 0.15) is 0 Å². The fourth-order valence-electron chi connectivity index (χ4n) is 1.87. The van der Waals surface area contributed by atoms with Gasteiger partial charge < -0.3 is 20.8 Å². The topological polar surface area (TPSA) is 86.8 Å². The normalized spacial score (nSPS) is 34.6. The van der Waals surface area contributed by atoms with Crippen LogP contribution >= 0.6 is 0 Å². The number of hydrogen-bond acceptors (Lipinski definition) is 4. The van der Waals surface area contributed by atoms with Crippen molar-refractivity contribution in [2.75, 3.05) is 13.2 Å². The summed E-state index contributed by atoms with van der Waals surface area (Å²) >= 11 is 0. The molecule has 4 N–H and O–H groups in total. The van der Waals surface area contributed by atoms with Gasteiger partial charge in [-0.05, 0) is 13.8 Å². The van der Waals surface area contributed by atoms with E-state index in [0.717, 1.165) is 0 Å². The summed E-state index contributed by atoms with van der Waals surface area (Å²) in [6.45, 7) is 3.47. The summed E-state index contributed by atoms with van der Waals surface area (Å²) in [6.07, 6.45) is -0.156. The smallest absolute Gasteiger partial charge is 0.239 e. The zero-order chi connectivity index (χ0) is 10.9. The molecule has 0 aromatic rings. The third-order valence-corrected chi connectivity index (χ3v) is 2.72. The van der Waals surface area contributed by atoms with Gasteiger partial charge in [-0.2, -0.15) is 0 Å². The van der Waals surface area contributed by atoms with Gasteiger partial charge in [-0.25, -0.2) is 0 Å². The molecule has 0 bridgehead atoms. The average Bonchev–Trinajstić information content (AvgIpc) is 2.41. The molecule has 0 aromatic carbocycles. The molecule has 0 saturated carbocycles. The molecule has 1 aliphatic heterocycles. The lowest BCUT2D eigenvalue weighted by atomic mass is 9.99. The molecule has 0 aromatic heterocycles. The number of aliphatic hydroxyl groups is 2. The van der Waals surface area contributed by atoms with Crippen LogP contribution in [0.5, 0.6) is 0 Å². The van der Waals surface area contributed by atoms with Gasteiger partial charge in [0.25, 0.3) is 0 Å². The van der Waals surface area contributed by atoms with E-state index in [1.165, 1.54) is 4.90 Å². The van der Waals surface area contributed by atoms with E-state index < -0.39 is 17.7 Å². The third-order valence-electron chi connectivity index (χ3n) is 2.72. The number of likely N-dealkylation sites (tertiary alicyclic amines) is 1. The minimum Gasteiger partial charge on any atom is -0.394 e. The Morgan fingerprint density at radius 1 is 1.79 bits per heavy atom. The lowest BCUT2D eigenvalue weighted by molar-refractivity contribution is -0.137. The predicted octanol–water partition coefficient (Wildman–Crippen LogP) is -1.32.